The van der Waals surface area contributed by atoms with Crippen LogP contribution < -0.4 is 11.1 Å². The number of hydrogen-bond donors (Lipinski definition) is 2. The average Bonchev–Trinajstić information content (AvgIpc) is 3.29. The Morgan fingerprint density at radius 2 is 1.93 bits per heavy atom. The first-order valence-corrected chi connectivity index (χ1v) is 10.5. The van der Waals surface area contributed by atoms with Crippen LogP contribution in [0.2, 0.25) is 0 Å². The van der Waals surface area contributed by atoms with Crippen LogP contribution in [0.5, 0.6) is 0 Å². The average molecular weight is 382 g/mol. The maximum atomic E-state index is 12.8. The lowest BCUT2D eigenvalue weighted by Gasteiger charge is -2.45. The predicted octanol–water partition coefficient (Wildman–Crippen LogP) is 4.19. The first kappa shape index (κ1) is 17.0. The SMILES string of the molecule is NC1CC2CCCC(C1)C2NC(=O)c1ccc(-c2nc3ccccc3s2)o1. The molecule has 2 aliphatic rings. The summed E-state index contributed by atoms with van der Waals surface area (Å²) in [6, 6.07) is 12.1. The molecule has 0 spiro atoms. The lowest BCUT2D eigenvalue weighted by atomic mass is 9.67. The van der Waals surface area contributed by atoms with Gasteiger partial charge in [-0.15, -0.1) is 11.3 Å². The second kappa shape index (κ2) is 6.77. The van der Waals surface area contributed by atoms with Crippen LogP contribution >= 0.6 is 11.3 Å². The third-order valence-electron chi connectivity index (χ3n) is 6.01. The van der Waals surface area contributed by atoms with Crippen molar-refractivity contribution in [2.24, 2.45) is 17.6 Å². The molecule has 3 aromatic rings. The van der Waals surface area contributed by atoms with Gasteiger partial charge in [0.05, 0.1) is 10.2 Å². The number of nitrogens with one attached hydrogen (secondary N) is 1. The summed E-state index contributed by atoms with van der Waals surface area (Å²) in [6.07, 6.45) is 5.58. The van der Waals surface area contributed by atoms with E-state index in [-0.39, 0.29) is 18.0 Å². The van der Waals surface area contributed by atoms with Gasteiger partial charge < -0.3 is 15.5 Å². The number of aromatic nitrogens is 1. The molecule has 6 heteroatoms. The van der Waals surface area contributed by atoms with Crippen molar-refractivity contribution in [1.29, 1.82) is 0 Å². The normalized spacial score (nSPS) is 27.6. The molecule has 3 N–H and O–H groups in total. The number of carbonyl (C=O) groups is 1. The quantitative estimate of drug-likeness (QED) is 0.713. The summed E-state index contributed by atoms with van der Waals surface area (Å²) in [5.41, 5.74) is 7.14. The van der Waals surface area contributed by atoms with E-state index >= 15 is 0 Å². The maximum absolute atomic E-state index is 12.8. The van der Waals surface area contributed by atoms with Crippen LogP contribution in [-0.2, 0) is 0 Å². The molecule has 5 rings (SSSR count). The summed E-state index contributed by atoms with van der Waals surface area (Å²) in [5.74, 6) is 1.87. The Hall–Kier alpha value is -2.18. The Bertz CT molecular complexity index is 932. The summed E-state index contributed by atoms with van der Waals surface area (Å²) >= 11 is 1.57. The van der Waals surface area contributed by atoms with E-state index in [0.29, 0.717) is 23.4 Å². The fraction of sp³-hybridized carbons (Fsp3) is 0.429. The highest BCUT2D eigenvalue weighted by molar-refractivity contribution is 7.21. The van der Waals surface area contributed by atoms with Crippen molar-refractivity contribution >= 4 is 27.5 Å². The first-order valence-electron chi connectivity index (χ1n) is 9.69. The molecule has 2 heterocycles. The van der Waals surface area contributed by atoms with Gasteiger partial charge >= 0.3 is 0 Å². The third kappa shape index (κ3) is 3.17. The number of thiazole rings is 1. The number of furan rings is 1. The molecule has 2 aliphatic carbocycles. The number of amides is 1. The fourth-order valence-electron chi connectivity index (χ4n) is 4.80. The molecule has 2 fully saturated rings. The van der Waals surface area contributed by atoms with E-state index in [9.17, 15) is 4.79 Å². The molecule has 0 aliphatic heterocycles. The van der Waals surface area contributed by atoms with Gasteiger partial charge in [-0.3, -0.25) is 4.79 Å². The van der Waals surface area contributed by atoms with Crippen molar-refractivity contribution in [3.63, 3.8) is 0 Å². The second-order valence-corrected chi connectivity index (χ2v) is 8.86. The summed E-state index contributed by atoms with van der Waals surface area (Å²) in [4.78, 5) is 17.4. The molecule has 27 heavy (non-hydrogen) atoms. The smallest absolute Gasteiger partial charge is 0.287 e. The van der Waals surface area contributed by atoms with E-state index < -0.39 is 0 Å². The van der Waals surface area contributed by atoms with E-state index in [4.69, 9.17) is 10.2 Å². The van der Waals surface area contributed by atoms with Gasteiger partial charge in [-0.05, 0) is 61.8 Å². The highest BCUT2D eigenvalue weighted by atomic mass is 32.1. The summed E-state index contributed by atoms with van der Waals surface area (Å²) in [5, 5.41) is 4.05. The number of fused-ring (bicyclic) bond motifs is 3. The summed E-state index contributed by atoms with van der Waals surface area (Å²) in [6.45, 7) is 0. The number of nitrogens with zero attached hydrogens (tertiary/aromatic N) is 1. The van der Waals surface area contributed by atoms with Gasteiger partial charge in [0.15, 0.2) is 16.5 Å². The van der Waals surface area contributed by atoms with Crippen molar-refractivity contribution in [2.45, 2.75) is 44.2 Å². The molecule has 2 bridgehead atoms. The van der Waals surface area contributed by atoms with Crippen LogP contribution in [-0.4, -0.2) is 23.0 Å². The van der Waals surface area contributed by atoms with Crippen LogP contribution in [0.15, 0.2) is 40.8 Å². The second-order valence-electron chi connectivity index (χ2n) is 7.83. The Morgan fingerprint density at radius 3 is 2.70 bits per heavy atom. The largest absolute Gasteiger partial charge is 0.448 e. The van der Waals surface area contributed by atoms with Gasteiger partial charge in [0.2, 0.25) is 0 Å². The summed E-state index contributed by atoms with van der Waals surface area (Å²) in [7, 11) is 0. The van der Waals surface area contributed by atoms with E-state index in [0.717, 1.165) is 40.9 Å². The number of nitrogens with two attached hydrogens (primary N) is 1. The Balaban J connectivity index is 1.34. The van der Waals surface area contributed by atoms with Crippen LogP contribution in [0.1, 0.15) is 42.7 Å². The van der Waals surface area contributed by atoms with Crippen molar-refractivity contribution < 1.29 is 9.21 Å². The molecule has 0 saturated heterocycles. The van der Waals surface area contributed by atoms with Crippen molar-refractivity contribution in [2.75, 3.05) is 0 Å². The molecular weight excluding hydrogens is 358 g/mol. The molecule has 5 nitrogen and oxygen atoms in total. The number of carbonyl (C=O) groups excluding carboxylic acids is 1. The lowest BCUT2D eigenvalue weighted by molar-refractivity contribution is 0.0733. The predicted molar refractivity (Wildman–Crippen MR) is 107 cm³/mol. The molecule has 1 amide bonds. The van der Waals surface area contributed by atoms with Crippen LogP contribution in [0.3, 0.4) is 0 Å². The Morgan fingerprint density at radius 1 is 1.15 bits per heavy atom. The fourth-order valence-corrected chi connectivity index (χ4v) is 5.73. The zero-order chi connectivity index (χ0) is 18.4. The van der Waals surface area contributed by atoms with Crippen LogP contribution in [0.4, 0.5) is 0 Å². The Kier molecular flexibility index (Phi) is 4.25. The zero-order valence-electron chi connectivity index (χ0n) is 15.1. The monoisotopic (exact) mass is 381 g/mol. The molecule has 2 saturated carbocycles. The number of benzene rings is 1. The molecule has 1 aromatic carbocycles. The minimum absolute atomic E-state index is 0.125. The van der Waals surface area contributed by atoms with Crippen LogP contribution in [0, 0.1) is 11.8 Å². The highest BCUT2D eigenvalue weighted by Gasteiger charge is 2.40. The standard InChI is InChI=1S/C21H23N3O2S/c22-14-10-12-4-3-5-13(11-14)19(12)24-20(25)16-8-9-17(26-16)21-23-15-6-1-2-7-18(15)27-21/h1-2,6-9,12-14,19H,3-5,10-11,22H2,(H,24,25). The Labute approximate surface area is 162 Å². The van der Waals surface area contributed by atoms with E-state index in [1.807, 2.05) is 30.3 Å². The van der Waals surface area contributed by atoms with Gasteiger partial charge in [-0.25, -0.2) is 4.98 Å². The topological polar surface area (TPSA) is 81.1 Å². The molecule has 2 unspecified atom stereocenters. The minimum Gasteiger partial charge on any atom is -0.448 e. The minimum atomic E-state index is -0.125. The van der Waals surface area contributed by atoms with Gasteiger partial charge in [0.1, 0.15) is 0 Å². The lowest BCUT2D eigenvalue weighted by Crippen LogP contribution is -2.53. The van der Waals surface area contributed by atoms with E-state index in [1.54, 1.807) is 17.4 Å². The van der Waals surface area contributed by atoms with Gasteiger partial charge in [0, 0.05) is 12.1 Å². The van der Waals surface area contributed by atoms with Gasteiger partial charge in [0.25, 0.3) is 5.91 Å². The summed E-state index contributed by atoms with van der Waals surface area (Å²) < 4.78 is 6.97. The van der Waals surface area contributed by atoms with E-state index in [2.05, 4.69) is 10.3 Å². The van der Waals surface area contributed by atoms with Gasteiger partial charge in [-0.1, -0.05) is 18.6 Å². The van der Waals surface area contributed by atoms with Gasteiger partial charge in [-0.2, -0.15) is 0 Å². The van der Waals surface area contributed by atoms with E-state index in [1.165, 1.54) is 6.42 Å². The van der Waals surface area contributed by atoms with Crippen molar-refractivity contribution in [3.05, 3.63) is 42.2 Å². The maximum Gasteiger partial charge on any atom is 0.287 e. The molecular formula is C21H23N3O2S. The van der Waals surface area contributed by atoms with Crippen molar-refractivity contribution in [3.8, 4) is 10.8 Å². The number of hydrogen-bond acceptors (Lipinski definition) is 5. The number of para-hydroxylation sites is 1. The first-order chi connectivity index (χ1) is 13.2. The molecule has 2 aromatic heterocycles. The molecule has 2 atom stereocenters. The molecule has 0 radical (unpaired) electrons. The molecule has 140 valence electrons. The highest BCUT2D eigenvalue weighted by Crippen LogP contribution is 2.40. The number of rotatable bonds is 3. The zero-order valence-corrected chi connectivity index (χ0v) is 15.9. The van der Waals surface area contributed by atoms with Crippen molar-refractivity contribution in [1.82, 2.24) is 10.3 Å². The van der Waals surface area contributed by atoms with Crippen LogP contribution in [0.25, 0.3) is 21.0 Å². The third-order valence-corrected chi connectivity index (χ3v) is 7.06.